The van der Waals surface area contributed by atoms with Gasteiger partial charge in [-0.2, -0.15) is 13.2 Å². The molecule has 2 aliphatic rings. The summed E-state index contributed by atoms with van der Waals surface area (Å²) in [7, 11) is 0. The van der Waals surface area contributed by atoms with Crippen molar-refractivity contribution in [2.45, 2.75) is 31.7 Å². The van der Waals surface area contributed by atoms with E-state index in [1.807, 2.05) is 6.92 Å². The molecule has 2 N–H and O–H groups in total. The van der Waals surface area contributed by atoms with Crippen molar-refractivity contribution >= 4 is 29.9 Å². The smallest absolute Gasteiger partial charge is 0.416 e. The Morgan fingerprint density at radius 2 is 2.06 bits per heavy atom. The first-order valence-electron chi connectivity index (χ1n) is 10.7. The number of nitrogens with zero attached hydrogens (tertiary/aromatic N) is 3. The SMILES string of the molecule is CCNC(=NCC(O)COc1cccc(C(F)(F)F)c1)N1CCC(N2CCOCC2)C1.I. The minimum absolute atomic E-state index is 0. The summed E-state index contributed by atoms with van der Waals surface area (Å²) in [6.45, 7) is 7.81. The maximum atomic E-state index is 12.8. The average molecular weight is 572 g/mol. The van der Waals surface area contributed by atoms with Crippen LogP contribution in [0, 0.1) is 0 Å². The Morgan fingerprint density at radius 1 is 1.31 bits per heavy atom. The van der Waals surface area contributed by atoms with Gasteiger partial charge in [0.05, 0.1) is 25.3 Å². The fraction of sp³-hybridized carbons (Fsp3) is 0.667. The first-order valence-corrected chi connectivity index (χ1v) is 10.7. The second-order valence-corrected chi connectivity index (χ2v) is 7.72. The lowest BCUT2D eigenvalue weighted by Crippen LogP contribution is -2.46. The fourth-order valence-corrected chi connectivity index (χ4v) is 3.80. The van der Waals surface area contributed by atoms with E-state index < -0.39 is 17.8 Å². The molecule has 0 aromatic heterocycles. The number of benzene rings is 1. The largest absolute Gasteiger partial charge is 0.491 e. The van der Waals surface area contributed by atoms with Gasteiger partial charge in [-0.3, -0.25) is 9.89 Å². The number of aliphatic hydroxyl groups is 1. The minimum atomic E-state index is -4.43. The van der Waals surface area contributed by atoms with Gasteiger partial charge in [0.15, 0.2) is 5.96 Å². The summed E-state index contributed by atoms with van der Waals surface area (Å²) in [6.07, 6.45) is -4.32. The topological polar surface area (TPSA) is 69.6 Å². The standard InChI is InChI=1S/C21H31F3N4O3.HI/c1-2-25-20(28-7-6-17(14-28)27-8-10-30-11-9-27)26-13-18(29)15-31-19-5-3-4-16(12-19)21(22,23)24;/h3-5,12,17-18,29H,2,6-11,13-15H2,1H3,(H,25,26);1H. The molecule has 182 valence electrons. The molecule has 1 aromatic rings. The molecular weight excluding hydrogens is 540 g/mol. The first kappa shape index (κ1) is 26.9. The third-order valence-corrected chi connectivity index (χ3v) is 5.42. The van der Waals surface area contributed by atoms with Gasteiger partial charge in [0, 0.05) is 38.8 Å². The Bertz CT molecular complexity index is 732. The molecule has 0 saturated carbocycles. The van der Waals surface area contributed by atoms with Crippen LogP contribution >= 0.6 is 24.0 Å². The van der Waals surface area contributed by atoms with Crippen LogP contribution in [0.1, 0.15) is 18.9 Å². The molecule has 32 heavy (non-hydrogen) atoms. The zero-order chi connectivity index (χ0) is 22.3. The molecule has 0 aliphatic carbocycles. The summed E-state index contributed by atoms with van der Waals surface area (Å²) in [5.41, 5.74) is -0.782. The minimum Gasteiger partial charge on any atom is -0.491 e. The van der Waals surface area contributed by atoms with Crippen molar-refractivity contribution in [3.63, 3.8) is 0 Å². The molecule has 2 saturated heterocycles. The molecule has 2 heterocycles. The van der Waals surface area contributed by atoms with Gasteiger partial charge in [-0.05, 0) is 31.5 Å². The maximum absolute atomic E-state index is 12.8. The van der Waals surface area contributed by atoms with E-state index in [9.17, 15) is 18.3 Å². The van der Waals surface area contributed by atoms with E-state index in [1.54, 1.807) is 0 Å². The van der Waals surface area contributed by atoms with Crippen molar-refractivity contribution in [3.05, 3.63) is 29.8 Å². The van der Waals surface area contributed by atoms with Gasteiger partial charge >= 0.3 is 6.18 Å². The van der Waals surface area contributed by atoms with E-state index >= 15 is 0 Å². The Morgan fingerprint density at radius 3 is 2.75 bits per heavy atom. The normalized spacial score (nSPS) is 21.2. The fourth-order valence-electron chi connectivity index (χ4n) is 3.80. The Labute approximate surface area is 204 Å². The van der Waals surface area contributed by atoms with Crippen molar-refractivity contribution in [2.75, 3.05) is 59.1 Å². The van der Waals surface area contributed by atoms with Crippen LogP contribution in [0.2, 0.25) is 0 Å². The van der Waals surface area contributed by atoms with Crippen molar-refractivity contribution in [2.24, 2.45) is 4.99 Å². The molecule has 2 aliphatic heterocycles. The van der Waals surface area contributed by atoms with Crippen LogP contribution < -0.4 is 10.1 Å². The van der Waals surface area contributed by atoms with Crippen molar-refractivity contribution in [1.82, 2.24) is 15.1 Å². The van der Waals surface area contributed by atoms with Gasteiger partial charge in [-0.1, -0.05) is 6.07 Å². The number of aliphatic imine (C=N–C) groups is 1. The highest BCUT2D eigenvalue weighted by molar-refractivity contribution is 14.0. The third-order valence-electron chi connectivity index (χ3n) is 5.42. The molecule has 0 spiro atoms. The molecule has 0 amide bonds. The number of alkyl halides is 3. The summed E-state index contributed by atoms with van der Waals surface area (Å²) < 4.78 is 49.2. The van der Waals surface area contributed by atoms with Crippen molar-refractivity contribution in [3.8, 4) is 5.75 Å². The molecule has 2 atom stereocenters. The first-order chi connectivity index (χ1) is 14.9. The molecule has 7 nitrogen and oxygen atoms in total. The predicted molar refractivity (Wildman–Crippen MR) is 127 cm³/mol. The summed E-state index contributed by atoms with van der Waals surface area (Å²) in [5, 5.41) is 13.5. The number of rotatable bonds is 7. The van der Waals surface area contributed by atoms with E-state index in [1.165, 1.54) is 12.1 Å². The Hall–Kier alpha value is -1.31. The summed E-state index contributed by atoms with van der Waals surface area (Å²) in [6, 6.07) is 5.09. The molecule has 2 unspecified atom stereocenters. The van der Waals surface area contributed by atoms with Gasteiger partial charge in [-0.25, -0.2) is 0 Å². The van der Waals surface area contributed by atoms with Crippen LogP contribution in [0.25, 0.3) is 0 Å². The van der Waals surface area contributed by atoms with Gasteiger partial charge in [0.1, 0.15) is 18.5 Å². The van der Waals surface area contributed by atoms with E-state index in [-0.39, 0.29) is 42.9 Å². The summed E-state index contributed by atoms with van der Waals surface area (Å²) in [5.74, 6) is 0.800. The zero-order valence-electron chi connectivity index (χ0n) is 18.2. The van der Waals surface area contributed by atoms with Gasteiger partial charge in [-0.15, -0.1) is 24.0 Å². The molecule has 2 fully saturated rings. The Kier molecular flexibility index (Phi) is 10.8. The van der Waals surface area contributed by atoms with Crippen LogP contribution in [0.5, 0.6) is 5.75 Å². The van der Waals surface area contributed by atoms with Crippen LogP contribution in [0.15, 0.2) is 29.3 Å². The average Bonchev–Trinajstić information content (AvgIpc) is 3.25. The van der Waals surface area contributed by atoms with E-state index in [2.05, 4.69) is 20.1 Å². The van der Waals surface area contributed by atoms with Crippen molar-refractivity contribution in [1.29, 1.82) is 0 Å². The monoisotopic (exact) mass is 572 g/mol. The molecular formula is C21H32F3IN4O3. The molecule has 0 bridgehead atoms. The Balaban J connectivity index is 0.00000363. The number of ether oxygens (including phenoxy) is 2. The molecule has 0 radical (unpaired) electrons. The van der Waals surface area contributed by atoms with Crippen LogP contribution in [0.4, 0.5) is 13.2 Å². The van der Waals surface area contributed by atoms with E-state index in [0.29, 0.717) is 12.6 Å². The second kappa shape index (κ2) is 12.8. The van der Waals surface area contributed by atoms with Crippen molar-refractivity contribution < 1.29 is 27.8 Å². The lowest BCUT2D eigenvalue weighted by atomic mass is 10.2. The number of hydrogen-bond acceptors (Lipinski definition) is 5. The van der Waals surface area contributed by atoms with Gasteiger partial charge in [0.2, 0.25) is 0 Å². The predicted octanol–water partition coefficient (Wildman–Crippen LogP) is 2.44. The zero-order valence-corrected chi connectivity index (χ0v) is 20.5. The highest BCUT2D eigenvalue weighted by Crippen LogP contribution is 2.31. The number of halogens is 4. The van der Waals surface area contributed by atoms with E-state index in [0.717, 1.165) is 63.9 Å². The van der Waals surface area contributed by atoms with Gasteiger partial charge < -0.3 is 24.8 Å². The number of nitrogens with one attached hydrogen (secondary N) is 1. The number of likely N-dealkylation sites (tertiary alicyclic amines) is 1. The highest BCUT2D eigenvalue weighted by atomic mass is 127. The number of aliphatic hydroxyl groups excluding tert-OH is 1. The summed E-state index contributed by atoms with van der Waals surface area (Å²) in [4.78, 5) is 9.16. The third kappa shape index (κ3) is 7.92. The van der Waals surface area contributed by atoms with E-state index in [4.69, 9.17) is 9.47 Å². The maximum Gasteiger partial charge on any atom is 0.416 e. The number of hydrogen-bond donors (Lipinski definition) is 2. The summed E-state index contributed by atoms with van der Waals surface area (Å²) >= 11 is 0. The van der Waals surface area contributed by atoms with Crippen LogP contribution in [-0.4, -0.2) is 92.1 Å². The quantitative estimate of drug-likeness (QED) is 0.298. The molecule has 1 aromatic carbocycles. The molecule has 3 rings (SSSR count). The lowest BCUT2D eigenvalue weighted by molar-refractivity contribution is -0.137. The molecule has 11 heteroatoms. The number of guanidine groups is 1. The highest BCUT2D eigenvalue weighted by Gasteiger charge is 2.31. The lowest BCUT2D eigenvalue weighted by Gasteiger charge is -2.32. The second-order valence-electron chi connectivity index (χ2n) is 7.72. The van der Waals surface area contributed by atoms with Gasteiger partial charge in [0.25, 0.3) is 0 Å². The number of morpholine rings is 1. The van der Waals surface area contributed by atoms with Crippen LogP contribution in [0.3, 0.4) is 0 Å². The van der Waals surface area contributed by atoms with Crippen LogP contribution in [-0.2, 0) is 10.9 Å².